The molecule has 1 rings (SSSR count). The van der Waals surface area contributed by atoms with Gasteiger partial charge < -0.3 is 11.1 Å². The number of anilines is 2. The van der Waals surface area contributed by atoms with E-state index in [4.69, 9.17) is 5.73 Å². The summed E-state index contributed by atoms with van der Waals surface area (Å²) in [5.41, 5.74) is 6.87. The van der Waals surface area contributed by atoms with E-state index in [1.807, 2.05) is 0 Å². The number of nitrogen functional groups attached to an aromatic ring is 1. The number of rotatable bonds is 5. The van der Waals surface area contributed by atoms with Crippen LogP contribution in [0, 0.1) is 0 Å². The maximum atomic E-state index is 11.9. The van der Waals surface area contributed by atoms with Crippen molar-refractivity contribution in [2.45, 2.75) is 4.90 Å². The zero-order chi connectivity index (χ0) is 13.9. The van der Waals surface area contributed by atoms with Gasteiger partial charge in [0.2, 0.25) is 10.0 Å². The summed E-state index contributed by atoms with van der Waals surface area (Å²) < 4.78 is 25.7. The highest BCUT2D eigenvalue weighted by Crippen LogP contribution is 2.24. The van der Waals surface area contributed by atoms with Crippen LogP contribution in [-0.2, 0) is 10.0 Å². The minimum Gasteiger partial charge on any atom is -0.397 e. The molecule has 0 aliphatic rings. The lowest BCUT2D eigenvalue weighted by Gasteiger charge is -2.14. The second-order valence-corrected chi connectivity index (χ2v) is 7.18. The molecule has 0 aliphatic carbocycles. The van der Waals surface area contributed by atoms with Gasteiger partial charge in [-0.05, 0) is 18.2 Å². The van der Waals surface area contributed by atoms with Crippen LogP contribution in [0.3, 0.4) is 0 Å². The van der Waals surface area contributed by atoms with Crippen LogP contribution in [0.15, 0.2) is 34.2 Å². The number of benzene rings is 1. The van der Waals surface area contributed by atoms with Crippen molar-refractivity contribution in [1.29, 1.82) is 0 Å². The van der Waals surface area contributed by atoms with Gasteiger partial charge in [0, 0.05) is 25.1 Å². The number of nitrogens with zero attached hydrogens (tertiary/aromatic N) is 1. The molecule has 3 N–H and O–H groups in total. The van der Waals surface area contributed by atoms with Crippen LogP contribution in [0.2, 0.25) is 0 Å². The molecule has 0 fully saturated rings. The Morgan fingerprint density at radius 3 is 2.56 bits per heavy atom. The molecule has 0 heterocycles. The Bertz CT molecular complexity index is 555. The van der Waals surface area contributed by atoms with Gasteiger partial charge in [-0.1, -0.05) is 22.5 Å². The predicted octanol–water partition coefficient (Wildman–Crippen LogP) is 1.84. The SMILES string of the molecule is C=C(Br)CNc1ccc(S(=O)(=O)N(C)C)cc1N. The highest BCUT2D eigenvalue weighted by Gasteiger charge is 2.17. The topological polar surface area (TPSA) is 75.4 Å². The number of nitrogens with one attached hydrogen (secondary N) is 1. The smallest absolute Gasteiger partial charge is 0.242 e. The molecule has 0 aliphatic heterocycles. The fourth-order valence-corrected chi connectivity index (χ4v) is 2.34. The summed E-state index contributed by atoms with van der Waals surface area (Å²) in [6, 6.07) is 4.60. The first-order valence-electron chi connectivity index (χ1n) is 5.14. The highest BCUT2D eigenvalue weighted by molar-refractivity contribution is 9.11. The van der Waals surface area contributed by atoms with Crippen LogP contribution < -0.4 is 11.1 Å². The summed E-state index contributed by atoms with van der Waals surface area (Å²) in [4.78, 5) is 0.174. The average Bonchev–Trinajstić information content (AvgIpc) is 2.26. The van der Waals surface area contributed by atoms with Crippen molar-refractivity contribution in [2.75, 3.05) is 31.7 Å². The van der Waals surface area contributed by atoms with Crippen molar-refractivity contribution in [1.82, 2.24) is 4.31 Å². The summed E-state index contributed by atoms with van der Waals surface area (Å²) in [7, 11) is -0.491. The van der Waals surface area contributed by atoms with E-state index < -0.39 is 10.0 Å². The molecule has 0 atom stereocenters. The number of sulfonamides is 1. The summed E-state index contributed by atoms with van der Waals surface area (Å²) in [6.07, 6.45) is 0. The maximum absolute atomic E-state index is 11.9. The van der Waals surface area contributed by atoms with Crippen LogP contribution >= 0.6 is 15.9 Å². The molecule has 0 unspecified atom stereocenters. The Balaban J connectivity index is 3.03. The molecular weight excluding hydrogens is 318 g/mol. The van der Waals surface area contributed by atoms with E-state index in [9.17, 15) is 8.42 Å². The van der Waals surface area contributed by atoms with E-state index in [0.717, 1.165) is 8.79 Å². The van der Waals surface area contributed by atoms with Gasteiger partial charge in [0.15, 0.2) is 0 Å². The van der Waals surface area contributed by atoms with Crippen molar-refractivity contribution in [2.24, 2.45) is 0 Å². The largest absolute Gasteiger partial charge is 0.397 e. The monoisotopic (exact) mass is 333 g/mol. The Morgan fingerprint density at radius 2 is 2.11 bits per heavy atom. The zero-order valence-corrected chi connectivity index (χ0v) is 12.7. The normalized spacial score (nSPS) is 11.6. The Hall–Kier alpha value is -1.05. The van der Waals surface area contributed by atoms with E-state index in [1.54, 1.807) is 6.07 Å². The lowest BCUT2D eigenvalue weighted by Crippen LogP contribution is -2.22. The summed E-state index contributed by atoms with van der Waals surface area (Å²) in [6.45, 7) is 4.21. The fraction of sp³-hybridized carbons (Fsp3) is 0.273. The van der Waals surface area contributed by atoms with Crippen LogP contribution in [0.25, 0.3) is 0 Å². The summed E-state index contributed by atoms with van der Waals surface area (Å²) in [5.74, 6) is 0. The van der Waals surface area contributed by atoms with Crippen molar-refractivity contribution in [3.63, 3.8) is 0 Å². The molecule has 5 nitrogen and oxygen atoms in total. The van der Waals surface area contributed by atoms with Crippen molar-refractivity contribution < 1.29 is 8.42 Å². The van der Waals surface area contributed by atoms with E-state index in [-0.39, 0.29) is 4.90 Å². The first-order valence-corrected chi connectivity index (χ1v) is 7.37. The number of nitrogens with two attached hydrogens (primary N) is 1. The summed E-state index contributed by atoms with van der Waals surface area (Å²) >= 11 is 3.22. The number of hydrogen-bond acceptors (Lipinski definition) is 4. The van der Waals surface area contributed by atoms with E-state index in [1.165, 1.54) is 26.2 Å². The van der Waals surface area contributed by atoms with Crippen LogP contribution in [0.1, 0.15) is 0 Å². The predicted molar refractivity (Wildman–Crippen MR) is 78.3 cm³/mol. The highest BCUT2D eigenvalue weighted by atomic mass is 79.9. The third-order valence-electron chi connectivity index (χ3n) is 2.27. The standard InChI is InChI=1S/C11H16BrN3O2S/c1-8(12)7-14-11-5-4-9(6-10(11)13)18(16,17)15(2)3/h4-6,14H,1,7,13H2,2-3H3. The molecule has 1 aromatic carbocycles. The second kappa shape index (κ2) is 5.73. The Labute approximate surface area is 116 Å². The molecule has 0 saturated carbocycles. The molecule has 0 saturated heterocycles. The van der Waals surface area contributed by atoms with Gasteiger partial charge in [0.1, 0.15) is 0 Å². The van der Waals surface area contributed by atoms with Gasteiger partial charge in [-0.25, -0.2) is 12.7 Å². The zero-order valence-electron chi connectivity index (χ0n) is 10.3. The van der Waals surface area contributed by atoms with Gasteiger partial charge in [-0.2, -0.15) is 0 Å². The van der Waals surface area contributed by atoms with Gasteiger partial charge in [-0.3, -0.25) is 0 Å². The minimum absolute atomic E-state index is 0.174. The van der Waals surface area contributed by atoms with Gasteiger partial charge >= 0.3 is 0 Å². The van der Waals surface area contributed by atoms with E-state index in [0.29, 0.717) is 17.9 Å². The third-order valence-corrected chi connectivity index (χ3v) is 4.36. The number of halogens is 1. The molecule has 18 heavy (non-hydrogen) atoms. The first kappa shape index (κ1) is 15.0. The minimum atomic E-state index is -3.45. The van der Waals surface area contributed by atoms with Crippen molar-refractivity contribution in [3.8, 4) is 0 Å². The Morgan fingerprint density at radius 1 is 1.50 bits per heavy atom. The average molecular weight is 334 g/mol. The maximum Gasteiger partial charge on any atom is 0.242 e. The fourth-order valence-electron chi connectivity index (χ4n) is 1.26. The third kappa shape index (κ3) is 3.47. The lowest BCUT2D eigenvalue weighted by molar-refractivity contribution is 0.521. The quantitative estimate of drug-likeness (QED) is 0.806. The van der Waals surface area contributed by atoms with Crippen LogP contribution in [-0.4, -0.2) is 33.4 Å². The van der Waals surface area contributed by atoms with Crippen LogP contribution in [0.5, 0.6) is 0 Å². The number of hydrogen-bond donors (Lipinski definition) is 2. The lowest BCUT2D eigenvalue weighted by atomic mass is 10.2. The van der Waals surface area contributed by atoms with Crippen LogP contribution in [0.4, 0.5) is 11.4 Å². The molecule has 1 aromatic rings. The molecular formula is C11H16BrN3O2S. The molecule has 0 spiro atoms. The molecule has 7 heteroatoms. The molecule has 0 bridgehead atoms. The first-order chi connectivity index (χ1) is 8.25. The van der Waals surface area contributed by atoms with Gasteiger partial charge in [-0.15, -0.1) is 0 Å². The van der Waals surface area contributed by atoms with Gasteiger partial charge in [0.05, 0.1) is 16.3 Å². The molecule has 0 radical (unpaired) electrons. The van der Waals surface area contributed by atoms with E-state index >= 15 is 0 Å². The molecule has 0 amide bonds. The van der Waals surface area contributed by atoms with Crippen molar-refractivity contribution >= 4 is 37.3 Å². The van der Waals surface area contributed by atoms with E-state index in [2.05, 4.69) is 27.8 Å². The van der Waals surface area contributed by atoms with Gasteiger partial charge in [0.25, 0.3) is 0 Å². The molecule has 0 aromatic heterocycles. The Kier molecular flexibility index (Phi) is 4.78. The summed E-state index contributed by atoms with van der Waals surface area (Å²) in [5, 5.41) is 3.04. The molecule has 100 valence electrons. The second-order valence-electron chi connectivity index (χ2n) is 3.91. The van der Waals surface area contributed by atoms with Crippen molar-refractivity contribution in [3.05, 3.63) is 29.3 Å².